The Morgan fingerprint density at radius 2 is 2.04 bits per heavy atom. The van der Waals surface area contributed by atoms with Crippen LogP contribution in [-0.4, -0.2) is 44.9 Å². The summed E-state index contributed by atoms with van der Waals surface area (Å²) in [6.07, 6.45) is 3.95. The standard InChI is InChI=1S/C19H24O4/c1-2-6-16(7-3-1)9-10-17(11-13-20-14-18-15-22-18)23-19-8-4-5-12-21-19/h1-3,6-7,17-19H,4-5,8,11-15H2. The Hall–Kier alpha value is -1.38. The molecule has 0 bridgehead atoms. The molecule has 3 rings (SSSR count). The fourth-order valence-electron chi connectivity index (χ4n) is 2.43. The first-order chi connectivity index (χ1) is 11.4. The van der Waals surface area contributed by atoms with Crippen LogP contribution in [0.1, 0.15) is 31.2 Å². The first-order valence-corrected chi connectivity index (χ1v) is 8.43. The topological polar surface area (TPSA) is 40.2 Å². The maximum atomic E-state index is 6.03. The van der Waals surface area contributed by atoms with Gasteiger partial charge >= 0.3 is 0 Å². The molecule has 3 atom stereocenters. The van der Waals surface area contributed by atoms with Crippen molar-refractivity contribution in [2.75, 3.05) is 26.4 Å². The van der Waals surface area contributed by atoms with Crippen LogP contribution < -0.4 is 0 Å². The number of hydrogen-bond acceptors (Lipinski definition) is 4. The van der Waals surface area contributed by atoms with Crippen LogP contribution in [0.3, 0.4) is 0 Å². The average Bonchev–Trinajstić information content (AvgIpc) is 3.42. The summed E-state index contributed by atoms with van der Waals surface area (Å²) >= 11 is 0. The summed E-state index contributed by atoms with van der Waals surface area (Å²) in [6.45, 7) is 2.89. The predicted octanol–water partition coefficient (Wildman–Crippen LogP) is 2.76. The summed E-state index contributed by atoms with van der Waals surface area (Å²) in [5.41, 5.74) is 0.998. The molecular formula is C19H24O4. The second-order valence-electron chi connectivity index (χ2n) is 5.88. The molecule has 0 aromatic heterocycles. The van der Waals surface area contributed by atoms with E-state index in [1.807, 2.05) is 30.3 Å². The van der Waals surface area contributed by atoms with E-state index in [2.05, 4.69) is 11.8 Å². The highest BCUT2D eigenvalue weighted by molar-refractivity contribution is 5.34. The summed E-state index contributed by atoms with van der Waals surface area (Å²) in [6, 6.07) is 9.97. The molecule has 4 heteroatoms. The summed E-state index contributed by atoms with van der Waals surface area (Å²) in [4.78, 5) is 0. The van der Waals surface area contributed by atoms with Gasteiger partial charge in [-0.1, -0.05) is 30.0 Å². The van der Waals surface area contributed by atoms with Crippen LogP contribution in [0, 0.1) is 11.8 Å². The monoisotopic (exact) mass is 316 g/mol. The molecule has 2 aliphatic heterocycles. The lowest BCUT2D eigenvalue weighted by Gasteiger charge is -2.25. The van der Waals surface area contributed by atoms with Gasteiger partial charge in [-0.2, -0.15) is 0 Å². The van der Waals surface area contributed by atoms with Crippen LogP contribution in [0.15, 0.2) is 30.3 Å². The molecule has 4 nitrogen and oxygen atoms in total. The Morgan fingerprint density at radius 3 is 2.78 bits per heavy atom. The third kappa shape index (κ3) is 6.32. The van der Waals surface area contributed by atoms with E-state index in [0.717, 1.165) is 44.5 Å². The van der Waals surface area contributed by atoms with E-state index in [4.69, 9.17) is 18.9 Å². The third-order valence-electron chi connectivity index (χ3n) is 3.84. The van der Waals surface area contributed by atoms with Gasteiger partial charge in [0.2, 0.25) is 0 Å². The zero-order chi connectivity index (χ0) is 15.7. The fraction of sp³-hybridized carbons (Fsp3) is 0.579. The maximum absolute atomic E-state index is 6.03. The summed E-state index contributed by atoms with van der Waals surface area (Å²) in [5, 5.41) is 0. The summed E-state index contributed by atoms with van der Waals surface area (Å²) < 4.78 is 22.4. The summed E-state index contributed by atoms with van der Waals surface area (Å²) in [5.74, 6) is 6.41. The highest BCUT2D eigenvalue weighted by Crippen LogP contribution is 2.17. The van der Waals surface area contributed by atoms with E-state index < -0.39 is 0 Å². The molecule has 0 aliphatic carbocycles. The molecular weight excluding hydrogens is 292 g/mol. The van der Waals surface area contributed by atoms with E-state index in [1.165, 1.54) is 0 Å². The molecule has 0 amide bonds. The Morgan fingerprint density at radius 1 is 1.17 bits per heavy atom. The molecule has 0 radical (unpaired) electrons. The van der Waals surface area contributed by atoms with Crippen molar-refractivity contribution in [2.24, 2.45) is 0 Å². The molecule has 0 saturated carbocycles. The van der Waals surface area contributed by atoms with Gasteiger partial charge in [0.1, 0.15) is 12.2 Å². The van der Waals surface area contributed by atoms with Crippen molar-refractivity contribution >= 4 is 0 Å². The largest absolute Gasteiger partial charge is 0.379 e. The molecule has 2 heterocycles. The quantitative estimate of drug-likeness (QED) is 0.440. The Bertz CT molecular complexity index is 509. The van der Waals surface area contributed by atoms with Gasteiger partial charge in [-0.15, -0.1) is 0 Å². The molecule has 1 aromatic rings. The molecule has 124 valence electrons. The van der Waals surface area contributed by atoms with Crippen molar-refractivity contribution in [3.05, 3.63) is 35.9 Å². The molecule has 3 unspecified atom stereocenters. The normalized spacial score (nSPS) is 24.5. The van der Waals surface area contributed by atoms with Crippen molar-refractivity contribution < 1.29 is 18.9 Å². The summed E-state index contributed by atoms with van der Waals surface area (Å²) in [7, 11) is 0. The number of hydrogen-bond donors (Lipinski definition) is 0. The predicted molar refractivity (Wildman–Crippen MR) is 87.0 cm³/mol. The first-order valence-electron chi connectivity index (χ1n) is 8.43. The van der Waals surface area contributed by atoms with Crippen molar-refractivity contribution in [3.63, 3.8) is 0 Å². The van der Waals surface area contributed by atoms with Gasteiger partial charge in [0.25, 0.3) is 0 Å². The van der Waals surface area contributed by atoms with E-state index in [0.29, 0.717) is 19.3 Å². The lowest BCUT2D eigenvalue weighted by molar-refractivity contribution is -0.179. The van der Waals surface area contributed by atoms with E-state index in [-0.39, 0.29) is 12.4 Å². The van der Waals surface area contributed by atoms with Crippen molar-refractivity contribution in [3.8, 4) is 11.8 Å². The highest BCUT2D eigenvalue weighted by atomic mass is 16.7. The van der Waals surface area contributed by atoms with Crippen LogP contribution in [0.25, 0.3) is 0 Å². The number of benzene rings is 1. The minimum absolute atomic E-state index is 0.134. The smallest absolute Gasteiger partial charge is 0.159 e. The van der Waals surface area contributed by atoms with Gasteiger partial charge in [0.05, 0.1) is 19.8 Å². The minimum atomic E-state index is -0.168. The maximum Gasteiger partial charge on any atom is 0.159 e. The van der Waals surface area contributed by atoms with Crippen LogP contribution in [0.4, 0.5) is 0 Å². The molecule has 0 spiro atoms. The molecule has 0 N–H and O–H groups in total. The number of ether oxygens (including phenoxy) is 4. The zero-order valence-electron chi connectivity index (χ0n) is 13.4. The van der Waals surface area contributed by atoms with E-state index in [9.17, 15) is 0 Å². The minimum Gasteiger partial charge on any atom is -0.379 e. The lowest BCUT2D eigenvalue weighted by Crippen LogP contribution is -2.28. The first kappa shape index (κ1) is 16.5. The zero-order valence-corrected chi connectivity index (χ0v) is 13.4. The van der Waals surface area contributed by atoms with Gasteiger partial charge in [0.15, 0.2) is 6.29 Å². The van der Waals surface area contributed by atoms with Gasteiger partial charge in [-0.05, 0) is 31.4 Å². The lowest BCUT2D eigenvalue weighted by atomic mass is 10.2. The second kappa shape index (κ2) is 9.05. The van der Waals surface area contributed by atoms with Gasteiger partial charge in [-0.3, -0.25) is 0 Å². The average molecular weight is 316 g/mol. The van der Waals surface area contributed by atoms with Crippen LogP contribution in [-0.2, 0) is 18.9 Å². The highest BCUT2D eigenvalue weighted by Gasteiger charge is 2.23. The second-order valence-corrected chi connectivity index (χ2v) is 5.88. The Labute approximate surface area is 138 Å². The third-order valence-corrected chi connectivity index (χ3v) is 3.84. The molecule has 2 fully saturated rings. The Kier molecular flexibility index (Phi) is 6.48. The van der Waals surface area contributed by atoms with E-state index >= 15 is 0 Å². The van der Waals surface area contributed by atoms with Crippen LogP contribution >= 0.6 is 0 Å². The van der Waals surface area contributed by atoms with Crippen molar-refractivity contribution in [1.82, 2.24) is 0 Å². The SMILES string of the molecule is C(#CC(CCOCC1CO1)OC1CCCCO1)c1ccccc1. The number of rotatable bonds is 7. The Balaban J connectivity index is 1.51. The van der Waals surface area contributed by atoms with Crippen molar-refractivity contribution in [1.29, 1.82) is 0 Å². The van der Waals surface area contributed by atoms with Crippen molar-refractivity contribution in [2.45, 2.75) is 44.2 Å². The molecule has 23 heavy (non-hydrogen) atoms. The van der Waals surface area contributed by atoms with Gasteiger partial charge in [0, 0.05) is 18.6 Å². The van der Waals surface area contributed by atoms with Gasteiger partial charge < -0.3 is 18.9 Å². The van der Waals surface area contributed by atoms with Crippen LogP contribution in [0.5, 0.6) is 0 Å². The number of epoxide rings is 1. The molecule has 2 saturated heterocycles. The molecule has 2 aliphatic rings. The van der Waals surface area contributed by atoms with Gasteiger partial charge in [-0.25, -0.2) is 0 Å². The van der Waals surface area contributed by atoms with E-state index in [1.54, 1.807) is 0 Å². The molecule has 1 aromatic carbocycles. The fourth-order valence-corrected chi connectivity index (χ4v) is 2.43. The van der Waals surface area contributed by atoms with Crippen LogP contribution in [0.2, 0.25) is 0 Å².